The highest BCUT2D eigenvalue weighted by Crippen LogP contribution is 2.51. The Balaban J connectivity index is 3.41. The minimum absolute atomic E-state index is 0.0591. The normalized spacial score (nSPS) is 22.7. The van der Waals surface area contributed by atoms with Crippen molar-refractivity contribution in [2.24, 2.45) is 5.41 Å². The van der Waals surface area contributed by atoms with Crippen LogP contribution in [0.5, 0.6) is 0 Å². The van der Waals surface area contributed by atoms with Crippen LogP contribution in [0.15, 0.2) is 54.8 Å². The molecular weight excluding hydrogens is 446 g/mol. The molecule has 18 heavy (non-hydrogen) atoms. The summed E-state index contributed by atoms with van der Waals surface area (Å²) in [5, 5.41) is 0. The summed E-state index contributed by atoms with van der Waals surface area (Å²) in [5.74, 6) is 0. The van der Waals surface area contributed by atoms with E-state index in [-0.39, 0.29) is 5.41 Å². The molecule has 1 aliphatic carbocycles. The summed E-state index contributed by atoms with van der Waals surface area (Å²) >= 11 is 4.67. The molecule has 0 unspecified atom stereocenters. The van der Waals surface area contributed by atoms with Crippen LogP contribution in [0.25, 0.3) is 0 Å². The first-order valence-corrected chi connectivity index (χ1v) is 8.46. The van der Waals surface area contributed by atoms with Gasteiger partial charge in [-0.3, -0.25) is 0 Å². The highest BCUT2D eigenvalue weighted by molar-refractivity contribution is 14.1. The Labute approximate surface area is 138 Å². The molecule has 0 heterocycles. The molecule has 0 aromatic carbocycles. The third-order valence-electron chi connectivity index (χ3n) is 3.50. The Hall–Kier alpha value is 0.160. The van der Waals surface area contributed by atoms with E-state index >= 15 is 0 Å². The molecule has 0 N–H and O–H groups in total. The quantitative estimate of drug-likeness (QED) is 0.417. The molecule has 1 aliphatic rings. The van der Waals surface area contributed by atoms with E-state index in [0.717, 1.165) is 6.42 Å². The van der Waals surface area contributed by atoms with Crippen LogP contribution in [-0.2, 0) is 0 Å². The van der Waals surface area contributed by atoms with Crippen LogP contribution in [0.3, 0.4) is 0 Å². The molecule has 0 atom stereocenters. The molecule has 0 radical (unpaired) electrons. The van der Waals surface area contributed by atoms with E-state index in [1.54, 1.807) is 0 Å². The van der Waals surface area contributed by atoms with Crippen LogP contribution in [0.1, 0.15) is 34.1 Å². The van der Waals surface area contributed by atoms with Gasteiger partial charge in [0.2, 0.25) is 0 Å². The van der Waals surface area contributed by atoms with Gasteiger partial charge in [0, 0.05) is 8.99 Å². The number of hydrogen-bond acceptors (Lipinski definition) is 0. The minimum Gasteiger partial charge on any atom is -0.0912 e. The SMILES string of the molecule is C=C1C(CC)=C(/C=C/I)C(C)(C)/C1=C/C(I)=C\C. The molecule has 0 aliphatic heterocycles. The number of hydrogen-bond donors (Lipinski definition) is 0. The predicted octanol–water partition coefficient (Wildman–Crippen LogP) is 6.50. The molecule has 0 saturated heterocycles. The minimum atomic E-state index is 0.0591. The summed E-state index contributed by atoms with van der Waals surface area (Å²) in [6, 6.07) is 0. The van der Waals surface area contributed by atoms with E-state index in [2.05, 4.69) is 102 Å². The Bertz CT molecular complexity index is 471. The molecule has 98 valence electrons. The molecule has 0 saturated carbocycles. The van der Waals surface area contributed by atoms with E-state index in [1.807, 2.05) is 0 Å². The van der Waals surface area contributed by atoms with Crippen molar-refractivity contribution in [3.63, 3.8) is 0 Å². The molecule has 0 bridgehead atoms. The largest absolute Gasteiger partial charge is 0.0912 e. The third-order valence-corrected chi connectivity index (χ3v) is 4.80. The van der Waals surface area contributed by atoms with Gasteiger partial charge in [-0.15, -0.1) is 0 Å². The standard InChI is InChI=1S/C16H20I2/c1-6-12(18)10-15-11(3)13(7-2)14(8-9-17)16(15,4)5/h6,8-10H,3,7H2,1-2,4-5H3/b9-8+,12-6+,15-10+. The molecule has 0 amide bonds. The summed E-state index contributed by atoms with van der Waals surface area (Å²) in [7, 11) is 0. The fourth-order valence-corrected chi connectivity index (χ4v) is 3.16. The summed E-state index contributed by atoms with van der Waals surface area (Å²) in [6.45, 7) is 13.2. The van der Waals surface area contributed by atoms with Crippen molar-refractivity contribution < 1.29 is 0 Å². The fraction of sp³-hybridized carbons (Fsp3) is 0.375. The molecule has 0 nitrogen and oxygen atoms in total. The third kappa shape index (κ3) is 3.00. The molecule has 0 fully saturated rings. The van der Waals surface area contributed by atoms with Gasteiger partial charge in [-0.2, -0.15) is 0 Å². The van der Waals surface area contributed by atoms with E-state index in [1.165, 1.54) is 25.9 Å². The van der Waals surface area contributed by atoms with Crippen molar-refractivity contribution in [2.75, 3.05) is 0 Å². The zero-order chi connectivity index (χ0) is 13.9. The topological polar surface area (TPSA) is 0 Å². The van der Waals surface area contributed by atoms with Gasteiger partial charge in [-0.25, -0.2) is 0 Å². The summed E-state index contributed by atoms with van der Waals surface area (Å²) < 4.78 is 3.37. The molecule has 0 spiro atoms. The van der Waals surface area contributed by atoms with Crippen LogP contribution < -0.4 is 0 Å². The molecule has 1 rings (SSSR count). The van der Waals surface area contributed by atoms with Gasteiger partial charge < -0.3 is 0 Å². The average Bonchev–Trinajstić information content (AvgIpc) is 2.50. The van der Waals surface area contributed by atoms with Crippen LogP contribution >= 0.6 is 45.2 Å². The second-order valence-corrected chi connectivity index (χ2v) is 6.84. The number of rotatable bonds is 3. The van der Waals surface area contributed by atoms with Crippen molar-refractivity contribution in [2.45, 2.75) is 34.1 Å². The first kappa shape index (κ1) is 16.2. The maximum absolute atomic E-state index is 4.31. The van der Waals surface area contributed by atoms with Crippen LogP contribution in [0.4, 0.5) is 0 Å². The van der Waals surface area contributed by atoms with Crippen LogP contribution in [-0.4, -0.2) is 0 Å². The lowest BCUT2D eigenvalue weighted by molar-refractivity contribution is 0.578. The second kappa shape index (κ2) is 6.55. The van der Waals surface area contributed by atoms with Crippen LogP contribution in [0, 0.1) is 5.41 Å². The molecule has 0 aromatic heterocycles. The van der Waals surface area contributed by atoms with Crippen molar-refractivity contribution in [1.82, 2.24) is 0 Å². The second-order valence-electron chi connectivity index (χ2n) is 4.87. The first-order chi connectivity index (χ1) is 8.39. The lowest BCUT2D eigenvalue weighted by Gasteiger charge is -2.23. The van der Waals surface area contributed by atoms with Crippen molar-refractivity contribution in [3.05, 3.63) is 54.8 Å². The average molecular weight is 466 g/mol. The van der Waals surface area contributed by atoms with Gasteiger partial charge in [0.15, 0.2) is 0 Å². The summed E-state index contributed by atoms with van der Waals surface area (Å²) in [6.07, 6.45) is 7.68. The van der Waals surface area contributed by atoms with Gasteiger partial charge >= 0.3 is 0 Å². The first-order valence-electron chi connectivity index (χ1n) is 6.14. The smallest absolute Gasteiger partial charge is 0.0155 e. The lowest BCUT2D eigenvalue weighted by Crippen LogP contribution is -2.12. The number of allylic oxidation sites excluding steroid dienone is 8. The van der Waals surface area contributed by atoms with Gasteiger partial charge in [0.05, 0.1) is 0 Å². The lowest BCUT2D eigenvalue weighted by atomic mass is 9.80. The van der Waals surface area contributed by atoms with Crippen molar-refractivity contribution >= 4 is 45.2 Å². The van der Waals surface area contributed by atoms with Gasteiger partial charge in [0.1, 0.15) is 0 Å². The Kier molecular flexibility index (Phi) is 5.90. The van der Waals surface area contributed by atoms with Crippen molar-refractivity contribution in [3.8, 4) is 0 Å². The molecular formula is C16H20I2. The van der Waals surface area contributed by atoms with E-state index in [0.29, 0.717) is 0 Å². The van der Waals surface area contributed by atoms with Gasteiger partial charge in [-0.1, -0.05) is 62.1 Å². The number of halogens is 2. The van der Waals surface area contributed by atoms with E-state index < -0.39 is 0 Å². The summed E-state index contributed by atoms with van der Waals surface area (Å²) in [4.78, 5) is 0. The Morgan fingerprint density at radius 3 is 2.44 bits per heavy atom. The Morgan fingerprint density at radius 1 is 1.39 bits per heavy atom. The fourth-order valence-electron chi connectivity index (χ4n) is 2.49. The highest BCUT2D eigenvalue weighted by Gasteiger charge is 2.37. The van der Waals surface area contributed by atoms with Gasteiger partial charge in [0.25, 0.3) is 0 Å². The highest BCUT2D eigenvalue weighted by atomic mass is 127. The monoisotopic (exact) mass is 466 g/mol. The Morgan fingerprint density at radius 2 is 2.00 bits per heavy atom. The molecule has 0 aromatic rings. The molecule has 2 heteroatoms. The van der Waals surface area contributed by atoms with Gasteiger partial charge in [-0.05, 0) is 68.4 Å². The zero-order valence-corrected chi connectivity index (χ0v) is 15.8. The van der Waals surface area contributed by atoms with E-state index in [9.17, 15) is 0 Å². The maximum Gasteiger partial charge on any atom is 0.0155 e. The maximum atomic E-state index is 4.31. The predicted molar refractivity (Wildman–Crippen MR) is 99.3 cm³/mol. The van der Waals surface area contributed by atoms with E-state index in [4.69, 9.17) is 0 Å². The zero-order valence-electron chi connectivity index (χ0n) is 11.5. The summed E-state index contributed by atoms with van der Waals surface area (Å²) in [5.41, 5.74) is 5.44. The van der Waals surface area contributed by atoms with Crippen LogP contribution in [0.2, 0.25) is 0 Å². The van der Waals surface area contributed by atoms with Crippen molar-refractivity contribution in [1.29, 1.82) is 0 Å².